The minimum atomic E-state index is -0.294. The Morgan fingerprint density at radius 3 is 2.95 bits per heavy atom. The summed E-state index contributed by atoms with van der Waals surface area (Å²) in [5.41, 5.74) is 0.230. The number of hydrogen-bond donors (Lipinski definition) is 2. The van der Waals surface area contributed by atoms with E-state index in [1.807, 2.05) is 18.5 Å². The number of aromatic amines is 1. The normalized spacial score (nSPS) is 12.8. The molecule has 2 N–H and O–H groups in total. The molecule has 104 valence electrons. The van der Waals surface area contributed by atoms with Crippen LogP contribution in [0.1, 0.15) is 24.6 Å². The zero-order valence-corrected chi connectivity index (χ0v) is 11.3. The standard InChI is InChI=1S/C11H14N8O/c1-6(10-16-12-5-18(10)3)13-8-4-9-15-17-11(20)19(9)7(2)14-8/h4-6,13H,1-3H3,(H,17,20). The van der Waals surface area contributed by atoms with Crippen LogP contribution in [0.2, 0.25) is 0 Å². The molecular formula is C11H14N8O. The highest BCUT2D eigenvalue weighted by Gasteiger charge is 2.13. The van der Waals surface area contributed by atoms with Gasteiger partial charge in [-0.1, -0.05) is 0 Å². The first-order valence-corrected chi connectivity index (χ1v) is 6.11. The smallest absolute Gasteiger partial charge is 0.349 e. The molecule has 0 aromatic carbocycles. The second-order valence-corrected chi connectivity index (χ2v) is 4.58. The summed E-state index contributed by atoms with van der Waals surface area (Å²) in [6.07, 6.45) is 1.64. The quantitative estimate of drug-likeness (QED) is 0.698. The van der Waals surface area contributed by atoms with E-state index in [1.54, 1.807) is 19.3 Å². The van der Waals surface area contributed by atoms with E-state index in [-0.39, 0.29) is 11.7 Å². The van der Waals surface area contributed by atoms with Crippen molar-refractivity contribution in [3.63, 3.8) is 0 Å². The summed E-state index contributed by atoms with van der Waals surface area (Å²) in [5.74, 6) is 1.99. The van der Waals surface area contributed by atoms with Gasteiger partial charge in [-0.3, -0.25) is 0 Å². The lowest BCUT2D eigenvalue weighted by Crippen LogP contribution is -2.16. The van der Waals surface area contributed by atoms with Gasteiger partial charge in [-0.25, -0.2) is 19.3 Å². The van der Waals surface area contributed by atoms with Crippen molar-refractivity contribution in [3.8, 4) is 0 Å². The lowest BCUT2D eigenvalue weighted by atomic mass is 10.3. The van der Waals surface area contributed by atoms with Gasteiger partial charge < -0.3 is 9.88 Å². The predicted molar refractivity (Wildman–Crippen MR) is 71.4 cm³/mol. The molecule has 0 saturated heterocycles. The lowest BCUT2D eigenvalue weighted by molar-refractivity contribution is 0.715. The monoisotopic (exact) mass is 274 g/mol. The van der Waals surface area contributed by atoms with Crippen molar-refractivity contribution in [1.82, 2.24) is 34.3 Å². The Hall–Kier alpha value is -2.71. The van der Waals surface area contributed by atoms with Crippen LogP contribution in [0, 0.1) is 6.92 Å². The Balaban J connectivity index is 1.95. The van der Waals surface area contributed by atoms with E-state index in [9.17, 15) is 4.79 Å². The molecule has 0 amide bonds. The molecule has 0 bridgehead atoms. The molecule has 0 aliphatic carbocycles. The Kier molecular flexibility index (Phi) is 2.74. The van der Waals surface area contributed by atoms with E-state index in [0.717, 1.165) is 5.82 Å². The first kappa shape index (κ1) is 12.3. The summed E-state index contributed by atoms with van der Waals surface area (Å²) in [7, 11) is 1.88. The minimum Gasteiger partial charge on any atom is -0.360 e. The number of fused-ring (bicyclic) bond motifs is 1. The SMILES string of the molecule is Cc1nc(NC(C)c2nncn2C)cc2n[nH]c(=O)n12. The number of hydrogen-bond acceptors (Lipinski definition) is 6. The van der Waals surface area contributed by atoms with E-state index in [1.165, 1.54) is 4.40 Å². The molecule has 3 aromatic heterocycles. The molecule has 0 fully saturated rings. The summed E-state index contributed by atoms with van der Waals surface area (Å²) < 4.78 is 3.25. The van der Waals surface area contributed by atoms with E-state index in [4.69, 9.17) is 0 Å². The lowest BCUT2D eigenvalue weighted by Gasteiger charge is -2.14. The molecule has 0 saturated carbocycles. The summed E-state index contributed by atoms with van der Waals surface area (Å²) in [6, 6.07) is 1.64. The molecule has 20 heavy (non-hydrogen) atoms. The molecule has 9 heteroatoms. The topological polar surface area (TPSA) is 106 Å². The Labute approximate surface area is 113 Å². The van der Waals surface area contributed by atoms with Crippen LogP contribution in [0.15, 0.2) is 17.2 Å². The molecule has 0 aliphatic rings. The van der Waals surface area contributed by atoms with Gasteiger partial charge in [0.05, 0.1) is 6.04 Å². The molecular weight excluding hydrogens is 260 g/mol. The largest absolute Gasteiger partial charge is 0.360 e. The highest BCUT2D eigenvalue weighted by molar-refractivity contribution is 5.50. The van der Waals surface area contributed by atoms with Gasteiger partial charge >= 0.3 is 5.69 Å². The van der Waals surface area contributed by atoms with Crippen molar-refractivity contribution in [2.24, 2.45) is 7.05 Å². The Morgan fingerprint density at radius 2 is 2.25 bits per heavy atom. The third-order valence-corrected chi connectivity index (χ3v) is 3.07. The minimum absolute atomic E-state index is 0.0671. The zero-order chi connectivity index (χ0) is 14.3. The number of rotatable bonds is 3. The van der Waals surface area contributed by atoms with Crippen LogP contribution < -0.4 is 11.0 Å². The summed E-state index contributed by atoms with van der Waals surface area (Å²) in [4.78, 5) is 15.9. The fraction of sp³-hybridized carbons (Fsp3) is 0.364. The Bertz CT molecular complexity index is 813. The van der Waals surface area contributed by atoms with Crippen molar-refractivity contribution in [2.45, 2.75) is 19.9 Å². The molecule has 9 nitrogen and oxygen atoms in total. The molecule has 0 spiro atoms. The average Bonchev–Trinajstić information content (AvgIpc) is 2.96. The molecule has 1 atom stereocenters. The van der Waals surface area contributed by atoms with E-state index in [0.29, 0.717) is 17.3 Å². The number of anilines is 1. The van der Waals surface area contributed by atoms with Crippen LogP contribution in [-0.4, -0.2) is 34.3 Å². The maximum Gasteiger partial charge on any atom is 0.349 e. The molecule has 1 unspecified atom stereocenters. The molecule has 3 aromatic rings. The highest BCUT2D eigenvalue weighted by Crippen LogP contribution is 2.16. The number of aryl methyl sites for hydroxylation is 2. The van der Waals surface area contributed by atoms with Crippen LogP contribution in [-0.2, 0) is 7.05 Å². The summed E-state index contributed by atoms with van der Waals surface area (Å²) >= 11 is 0. The van der Waals surface area contributed by atoms with E-state index >= 15 is 0 Å². The van der Waals surface area contributed by atoms with Gasteiger partial charge in [0, 0.05) is 13.1 Å². The zero-order valence-electron chi connectivity index (χ0n) is 11.3. The molecule has 0 aliphatic heterocycles. The maximum atomic E-state index is 11.5. The molecule has 3 heterocycles. The number of nitrogens with zero attached hydrogens (tertiary/aromatic N) is 6. The van der Waals surface area contributed by atoms with Crippen LogP contribution in [0.25, 0.3) is 5.65 Å². The van der Waals surface area contributed by atoms with Crippen LogP contribution >= 0.6 is 0 Å². The molecule has 0 radical (unpaired) electrons. The van der Waals surface area contributed by atoms with Crippen LogP contribution in [0.4, 0.5) is 5.82 Å². The predicted octanol–water partition coefficient (Wildman–Crippen LogP) is 0.0276. The summed E-state index contributed by atoms with van der Waals surface area (Å²) in [5, 5.41) is 17.5. The Morgan fingerprint density at radius 1 is 1.45 bits per heavy atom. The second kappa shape index (κ2) is 4.44. The number of H-pyrrole nitrogens is 1. The van der Waals surface area contributed by atoms with Crippen molar-refractivity contribution in [1.29, 1.82) is 0 Å². The summed E-state index contributed by atoms with van der Waals surface area (Å²) in [6.45, 7) is 3.71. The van der Waals surface area contributed by atoms with Gasteiger partial charge in [-0.05, 0) is 13.8 Å². The third-order valence-electron chi connectivity index (χ3n) is 3.07. The highest BCUT2D eigenvalue weighted by atomic mass is 16.1. The van der Waals surface area contributed by atoms with Gasteiger partial charge in [0.1, 0.15) is 18.0 Å². The van der Waals surface area contributed by atoms with Gasteiger partial charge in [0.15, 0.2) is 11.5 Å². The van der Waals surface area contributed by atoms with Gasteiger partial charge in [0.25, 0.3) is 0 Å². The van der Waals surface area contributed by atoms with E-state index < -0.39 is 0 Å². The average molecular weight is 274 g/mol. The number of nitrogens with one attached hydrogen (secondary N) is 2. The van der Waals surface area contributed by atoms with Crippen molar-refractivity contribution in [2.75, 3.05) is 5.32 Å². The first-order valence-electron chi connectivity index (χ1n) is 6.11. The maximum absolute atomic E-state index is 11.5. The fourth-order valence-corrected chi connectivity index (χ4v) is 2.14. The van der Waals surface area contributed by atoms with Gasteiger partial charge in [0.2, 0.25) is 0 Å². The van der Waals surface area contributed by atoms with Crippen LogP contribution in [0.3, 0.4) is 0 Å². The van der Waals surface area contributed by atoms with Crippen molar-refractivity contribution >= 4 is 11.5 Å². The first-order chi connectivity index (χ1) is 9.56. The van der Waals surface area contributed by atoms with Gasteiger partial charge in [-0.15, -0.1) is 10.2 Å². The van der Waals surface area contributed by atoms with Crippen molar-refractivity contribution in [3.05, 3.63) is 34.5 Å². The fourth-order valence-electron chi connectivity index (χ4n) is 2.14. The second-order valence-electron chi connectivity index (χ2n) is 4.58. The van der Waals surface area contributed by atoms with Crippen molar-refractivity contribution < 1.29 is 0 Å². The molecule has 3 rings (SSSR count). The van der Waals surface area contributed by atoms with E-state index in [2.05, 4.69) is 30.7 Å². The van der Waals surface area contributed by atoms with Crippen LogP contribution in [0.5, 0.6) is 0 Å². The number of aromatic nitrogens is 7. The third kappa shape index (κ3) is 1.92. The van der Waals surface area contributed by atoms with Gasteiger partial charge in [-0.2, -0.15) is 5.10 Å².